The number of benzene rings is 2. The Morgan fingerprint density at radius 1 is 0.917 bits per heavy atom. The molecule has 4 aromatic heterocycles. The zero-order chi connectivity index (χ0) is 24.2. The highest BCUT2D eigenvalue weighted by molar-refractivity contribution is 5.70. The van der Waals surface area contributed by atoms with Crippen molar-refractivity contribution in [1.82, 2.24) is 34.3 Å². The lowest BCUT2D eigenvalue weighted by Gasteiger charge is -2.26. The standard InChI is InChI=1S/C27H19N7O2/c1-16-21-22(17-8-7-13-28-14-17)23-25-30-24(19-11-5-6-12-20(19)35)32-33(25)15-29-26(23)36-27(21)34(31-16)18-9-3-2-4-10-18/h2-15,22,35H,1H3/t22-/m1/s1. The Morgan fingerprint density at radius 2 is 1.75 bits per heavy atom. The third-order valence-corrected chi connectivity index (χ3v) is 6.38. The third kappa shape index (κ3) is 2.99. The first-order valence-electron chi connectivity index (χ1n) is 11.5. The van der Waals surface area contributed by atoms with Gasteiger partial charge in [-0.1, -0.05) is 36.4 Å². The van der Waals surface area contributed by atoms with Gasteiger partial charge in [-0.3, -0.25) is 4.98 Å². The highest BCUT2D eigenvalue weighted by Crippen LogP contribution is 2.49. The van der Waals surface area contributed by atoms with E-state index in [4.69, 9.17) is 14.8 Å². The lowest BCUT2D eigenvalue weighted by Crippen LogP contribution is -2.16. The summed E-state index contributed by atoms with van der Waals surface area (Å²) in [5.74, 6) is 1.26. The first-order valence-corrected chi connectivity index (χ1v) is 11.5. The van der Waals surface area contributed by atoms with E-state index in [2.05, 4.69) is 15.1 Å². The molecule has 0 radical (unpaired) electrons. The SMILES string of the molecule is Cc1nn(-c2ccccc2)c2c1[C@@H](c1cccnc1)c1c(ncn3nc(-c4ccccc4O)nc13)O2. The maximum Gasteiger partial charge on any atom is 0.230 e. The molecule has 174 valence electrons. The fourth-order valence-corrected chi connectivity index (χ4v) is 4.78. The molecule has 2 aromatic carbocycles. The summed E-state index contributed by atoms with van der Waals surface area (Å²) in [5.41, 5.74) is 5.49. The molecule has 36 heavy (non-hydrogen) atoms. The van der Waals surface area contributed by atoms with Gasteiger partial charge >= 0.3 is 0 Å². The minimum Gasteiger partial charge on any atom is -0.507 e. The van der Waals surface area contributed by atoms with Crippen LogP contribution in [0.2, 0.25) is 0 Å². The Morgan fingerprint density at radius 3 is 2.56 bits per heavy atom. The van der Waals surface area contributed by atoms with E-state index in [1.54, 1.807) is 39.9 Å². The summed E-state index contributed by atoms with van der Waals surface area (Å²) < 4.78 is 9.85. The minimum atomic E-state index is -0.285. The molecule has 6 aromatic rings. The number of phenols is 1. The van der Waals surface area contributed by atoms with Crippen LogP contribution in [-0.4, -0.2) is 39.5 Å². The predicted molar refractivity (Wildman–Crippen MR) is 131 cm³/mol. The molecule has 1 N–H and O–H groups in total. The summed E-state index contributed by atoms with van der Waals surface area (Å²) in [4.78, 5) is 13.8. The highest BCUT2D eigenvalue weighted by Gasteiger charge is 2.38. The predicted octanol–water partition coefficient (Wildman–Crippen LogP) is 4.67. The molecule has 0 bridgehead atoms. The zero-order valence-corrected chi connectivity index (χ0v) is 19.1. The summed E-state index contributed by atoms with van der Waals surface area (Å²) >= 11 is 0. The van der Waals surface area contributed by atoms with E-state index in [9.17, 15) is 5.11 Å². The second-order valence-corrected chi connectivity index (χ2v) is 8.56. The number of rotatable bonds is 3. The molecule has 1 aliphatic rings. The molecule has 0 aliphatic carbocycles. The fraction of sp³-hybridized carbons (Fsp3) is 0.0741. The van der Waals surface area contributed by atoms with E-state index >= 15 is 0 Å². The van der Waals surface area contributed by atoms with Gasteiger partial charge in [-0.2, -0.15) is 5.10 Å². The second-order valence-electron chi connectivity index (χ2n) is 8.56. The average molecular weight is 473 g/mol. The van der Waals surface area contributed by atoms with Crippen LogP contribution in [0.4, 0.5) is 0 Å². The normalized spacial score (nSPS) is 14.3. The molecular weight excluding hydrogens is 454 g/mol. The van der Waals surface area contributed by atoms with E-state index in [-0.39, 0.29) is 11.7 Å². The second kappa shape index (κ2) is 7.74. The van der Waals surface area contributed by atoms with Crippen LogP contribution in [0.15, 0.2) is 85.5 Å². The molecular formula is C27H19N7O2. The highest BCUT2D eigenvalue weighted by atomic mass is 16.5. The van der Waals surface area contributed by atoms with Crippen LogP contribution in [0.5, 0.6) is 17.5 Å². The van der Waals surface area contributed by atoms with Crippen molar-refractivity contribution in [1.29, 1.82) is 0 Å². The molecule has 0 spiro atoms. The van der Waals surface area contributed by atoms with Crippen molar-refractivity contribution >= 4 is 5.65 Å². The molecule has 0 unspecified atom stereocenters. The van der Waals surface area contributed by atoms with Gasteiger partial charge in [0.05, 0.1) is 34.0 Å². The number of para-hydroxylation sites is 2. The molecule has 9 heteroatoms. The summed E-state index contributed by atoms with van der Waals surface area (Å²) in [5, 5.41) is 19.8. The Kier molecular flexibility index (Phi) is 4.37. The largest absolute Gasteiger partial charge is 0.507 e. The minimum absolute atomic E-state index is 0.109. The number of aromatic nitrogens is 7. The number of ether oxygens (including phenoxy) is 1. The van der Waals surface area contributed by atoms with Gasteiger partial charge in [-0.05, 0) is 42.8 Å². The van der Waals surface area contributed by atoms with Crippen LogP contribution < -0.4 is 4.74 Å². The number of aromatic hydroxyl groups is 1. The molecule has 9 nitrogen and oxygen atoms in total. The molecule has 5 heterocycles. The number of nitrogens with zero attached hydrogens (tertiary/aromatic N) is 7. The summed E-state index contributed by atoms with van der Waals surface area (Å²) in [6.45, 7) is 1.97. The smallest absolute Gasteiger partial charge is 0.230 e. The fourth-order valence-electron chi connectivity index (χ4n) is 4.78. The van der Waals surface area contributed by atoms with Gasteiger partial charge in [0, 0.05) is 12.4 Å². The maximum atomic E-state index is 10.4. The van der Waals surface area contributed by atoms with E-state index in [0.29, 0.717) is 28.8 Å². The van der Waals surface area contributed by atoms with Gasteiger partial charge in [-0.25, -0.2) is 19.2 Å². The van der Waals surface area contributed by atoms with Crippen molar-refractivity contribution in [2.75, 3.05) is 0 Å². The van der Waals surface area contributed by atoms with Crippen molar-refractivity contribution in [3.63, 3.8) is 0 Å². The van der Waals surface area contributed by atoms with Crippen LogP contribution in [0.1, 0.15) is 28.3 Å². The number of fused-ring (bicyclic) bond motifs is 4. The van der Waals surface area contributed by atoms with Crippen molar-refractivity contribution in [3.05, 3.63) is 108 Å². The van der Waals surface area contributed by atoms with E-state index in [1.165, 1.54) is 0 Å². The summed E-state index contributed by atoms with van der Waals surface area (Å²) in [6.07, 6.45) is 5.16. The van der Waals surface area contributed by atoms with Crippen molar-refractivity contribution < 1.29 is 9.84 Å². The molecule has 1 atom stereocenters. The molecule has 0 fully saturated rings. The molecule has 0 amide bonds. The molecule has 7 rings (SSSR count). The lowest BCUT2D eigenvalue weighted by atomic mass is 9.85. The molecule has 0 saturated heterocycles. The van der Waals surface area contributed by atoms with Crippen LogP contribution in [0.25, 0.3) is 22.7 Å². The number of pyridine rings is 1. The van der Waals surface area contributed by atoms with E-state index in [1.807, 2.05) is 61.7 Å². The van der Waals surface area contributed by atoms with Crippen molar-refractivity contribution in [2.45, 2.75) is 12.8 Å². The van der Waals surface area contributed by atoms with Gasteiger partial charge in [-0.15, -0.1) is 5.10 Å². The molecule has 1 aliphatic heterocycles. The Hall–Kier alpha value is -5.05. The van der Waals surface area contributed by atoms with Crippen molar-refractivity contribution in [2.24, 2.45) is 0 Å². The van der Waals surface area contributed by atoms with Gasteiger partial charge in [0.25, 0.3) is 0 Å². The van der Waals surface area contributed by atoms with Crippen molar-refractivity contribution in [3.8, 4) is 34.6 Å². The van der Waals surface area contributed by atoms with E-state index in [0.717, 1.165) is 28.1 Å². The number of hydrogen-bond donors (Lipinski definition) is 1. The number of phenolic OH excluding ortho intramolecular Hbond substituents is 1. The van der Waals surface area contributed by atoms with Gasteiger partial charge < -0.3 is 9.84 Å². The van der Waals surface area contributed by atoms with Gasteiger partial charge in [0.2, 0.25) is 11.8 Å². The van der Waals surface area contributed by atoms with Gasteiger partial charge in [0.15, 0.2) is 11.5 Å². The third-order valence-electron chi connectivity index (χ3n) is 6.38. The first kappa shape index (κ1) is 20.3. The summed E-state index contributed by atoms with van der Waals surface area (Å²) in [7, 11) is 0. The average Bonchev–Trinajstić information content (AvgIpc) is 3.50. The Labute approximate surface area is 205 Å². The zero-order valence-electron chi connectivity index (χ0n) is 19.1. The topological polar surface area (TPSA) is 103 Å². The maximum absolute atomic E-state index is 10.4. The van der Waals surface area contributed by atoms with Crippen LogP contribution in [0.3, 0.4) is 0 Å². The van der Waals surface area contributed by atoms with Crippen LogP contribution in [0, 0.1) is 6.92 Å². The number of aryl methyl sites for hydroxylation is 1. The van der Waals surface area contributed by atoms with Crippen LogP contribution >= 0.6 is 0 Å². The quantitative estimate of drug-likeness (QED) is 0.398. The Bertz CT molecular complexity index is 1740. The van der Waals surface area contributed by atoms with Gasteiger partial charge in [0.1, 0.15) is 12.1 Å². The first-order chi connectivity index (χ1) is 17.7. The molecule has 0 saturated carbocycles. The monoisotopic (exact) mass is 473 g/mol. The Balaban J connectivity index is 1.50. The van der Waals surface area contributed by atoms with E-state index < -0.39 is 0 Å². The summed E-state index contributed by atoms with van der Waals surface area (Å²) in [6, 6.07) is 20.8. The lowest BCUT2D eigenvalue weighted by molar-refractivity contribution is 0.402. The van der Waals surface area contributed by atoms with Crippen LogP contribution in [-0.2, 0) is 0 Å². The number of hydrogen-bond acceptors (Lipinski definition) is 7.